The molecule has 1 aromatic heterocycles. The minimum absolute atomic E-state index is 0.250. The first-order chi connectivity index (χ1) is 10.9. The number of carbonyl (C=O) groups is 1. The van der Waals surface area contributed by atoms with E-state index >= 15 is 0 Å². The van der Waals surface area contributed by atoms with Gasteiger partial charge < -0.3 is 9.47 Å². The van der Waals surface area contributed by atoms with Crippen LogP contribution in [0.4, 0.5) is 13.2 Å². The van der Waals surface area contributed by atoms with Crippen LogP contribution >= 0.6 is 0 Å². The zero-order valence-electron chi connectivity index (χ0n) is 12.8. The molecule has 1 saturated heterocycles. The molecule has 4 nitrogen and oxygen atoms in total. The third kappa shape index (κ3) is 3.18. The predicted octanol–water partition coefficient (Wildman–Crippen LogP) is 3.31. The Bertz CT molecular complexity index is 723. The summed E-state index contributed by atoms with van der Waals surface area (Å²) in [5.74, 6) is -0.920. The summed E-state index contributed by atoms with van der Waals surface area (Å²) in [6.45, 7) is 2.93. The lowest BCUT2D eigenvalue weighted by Crippen LogP contribution is -2.41. The molecule has 124 valence electrons. The van der Waals surface area contributed by atoms with Gasteiger partial charge in [0, 0.05) is 13.1 Å². The van der Waals surface area contributed by atoms with E-state index in [2.05, 4.69) is 4.98 Å². The Morgan fingerprint density at radius 1 is 1.35 bits per heavy atom. The predicted molar refractivity (Wildman–Crippen MR) is 79.7 cm³/mol. The fourth-order valence-corrected chi connectivity index (χ4v) is 3.10. The van der Waals surface area contributed by atoms with E-state index in [1.54, 1.807) is 23.1 Å². The van der Waals surface area contributed by atoms with Gasteiger partial charge in [-0.3, -0.25) is 4.79 Å². The van der Waals surface area contributed by atoms with Crippen LogP contribution in [0.15, 0.2) is 24.3 Å². The first-order valence-electron chi connectivity index (χ1n) is 7.66. The van der Waals surface area contributed by atoms with Gasteiger partial charge in [0.1, 0.15) is 6.54 Å². The summed E-state index contributed by atoms with van der Waals surface area (Å²) < 4.78 is 40.7. The van der Waals surface area contributed by atoms with Gasteiger partial charge in [-0.1, -0.05) is 19.1 Å². The molecule has 1 aliphatic rings. The molecule has 0 aliphatic carbocycles. The van der Waals surface area contributed by atoms with Crippen molar-refractivity contribution in [2.45, 2.75) is 32.5 Å². The molecule has 1 aromatic carbocycles. The number of piperidine rings is 1. The summed E-state index contributed by atoms with van der Waals surface area (Å²) >= 11 is 0. The van der Waals surface area contributed by atoms with Crippen LogP contribution in [0.5, 0.6) is 0 Å². The van der Waals surface area contributed by atoms with E-state index in [1.165, 1.54) is 6.07 Å². The molecule has 2 heterocycles. The number of para-hydroxylation sites is 2. The van der Waals surface area contributed by atoms with Gasteiger partial charge in [0.25, 0.3) is 0 Å². The highest BCUT2D eigenvalue weighted by Crippen LogP contribution is 2.31. The molecule has 0 bridgehead atoms. The molecule has 0 unspecified atom stereocenters. The Morgan fingerprint density at radius 3 is 2.78 bits per heavy atom. The Labute approximate surface area is 131 Å². The molecule has 1 fully saturated rings. The molecule has 0 saturated carbocycles. The smallest absolute Gasteiger partial charge is 0.341 e. The van der Waals surface area contributed by atoms with Crippen LogP contribution in [-0.4, -0.2) is 33.4 Å². The van der Waals surface area contributed by atoms with E-state index in [9.17, 15) is 18.0 Å². The molecular weight excluding hydrogens is 307 g/mol. The maximum absolute atomic E-state index is 13.2. The van der Waals surface area contributed by atoms with Crippen LogP contribution in [0.25, 0.3) is 11.0 Å². The molecular formula is C16H18F3N3O. The normalized spacial score (nSPS) is 19.3. The van der Waals surface area contributed by atoms with Crippen LogP contribution in [0.2, 0.25) is 0 Å². The maximum Gasteiger partial charge on any atom is 0.449 e. The lowest BCUT2D eigenvalue weighted by atomic mass is 10.0. The molecule has 1 amide bonds. The molecule has 0 N–H and O–H groups in total. The molecule has 23 heavy (non-hydrogen) atoms. The van der Waals surface area contributed by atoms with Crippen LogP contribution in [0.1, 0.15) is 25.6 Å². The summed E-state index contributed by atoms with van der Waals surface area (Å²) in [7, 11) is 0. The number of likely N-dealkylation sites (tertiary alicyclic amines) is 1. The largest absolute Gasteiger partial charge is 0.449 e. The number of amides is 1. The van der Waals surface area contributed by atoms with Crippen molar-refractivity contribution in [3.05, 3.63) is 30.1 Å². The number of benzene rings is 1. The van der Waals surface area contributed by atoms with Gasteiger partial charge in [0.05, 0.1) is 11.0 Å². The van der Waals surface area contributed by atoms with Crippen molar-refractivity contribution in [3.63, 3.8) is 0 Å². The topological polar surface area (TPSA) is 38.1 Å². The van der Waals surface area contributed by atoms with Crippen molar-refractivity contribution in [2.75, 3.05) is 13.1 Å². The zero-order chi connectivity index (χ0) is 16.6. The van der Waals surface area contributed by atoms with Gasteiger partial charge in [-0.15, -0.1) is 0 Å². The average Bonchev–Trinajstić information content (AvgIpc) is 2.86. The fraction of sp³-hybridized carbons (Fsp3) is 0.500. The highest BCUT2D eigenvalue weighted by atomic mass is 19.4. The van der Waals surface area contributed by atoms with Gasteiger partial charge in [-0.25, -0.2) is 4.98 Å². The molecule has 0 radical (unpaired) electrons. The molecule has 2 aromatic rings. The molecule has 3 rings (SSSR count). The van der Waals surface area contributed by atoms with Crippen LogP contribution in [0.3, 0.4) is 0 Å². The third-order valence-electron chi connectivity index (χ3n) is 4.21. The number of imidazole rings is 1. The highest BCUT2D eigenvalue weighted by Gasteiger charge is 2.38. The van der Waals surface area contributed by atoms with Gasteiger partial charge in [0.15, 0.2) is 0 Å². The summed E-state index contributed by atoms with van der Waals surface area (Å²) in [6.07, 6.45) is -2.65. The molecule has 1 atom stereocenters. The van der Waals surface area contributed by atoms with Gasteiger partial charge in [0.2, 0.25) is 11.7 Å². The molecule has 1 aliphatic heterocycles. The Hall–Kier alpha value is -2.05. The van der Waals surface area contributed by atoms with E-state index in [4.69, 9.17) is 0 Å². The summed E-state index contributed by atoms with van der Waals surface area (Å²) in [6, 6.07) is 6.36. The fourth-order valence-electron chi connectivity index (χ4n) is 3.10. The number of alkyl halides is 3. The number of hydrogen-bond acceptors (Lipinski definition) is 2. The quantitative estimate of drug-likeness (QED) is 0.849. The third-order valence-corrected chi connectivity index (χ3v) is 4.21. The van der Waals surface area contributed by atoms with Crippen molar-refractivity contribution in [2.24, 2.45) is 5.92 Å². The van der Waals surface area contributed by atoms with Crippen molar-refractivity contribution < 1.29 is 18.0 Å². The second kappa shape index (κ2) is 5.86. The van der Waals surface area contributed by atoms with E-state index in [0.29, 0.717) is 24.5 Å². The lowest BCUT2D eigenvalue weighted by Gasteiger charge is -2.31. The lowest BCUT2D eigenvalue weighted by molar-refractivity contribution is -0.148. The van der Waals surface area contributed by atoms with Crippen molar-refractivity contribution in [3.8, 4) is 0 Å². The summed E-state index contributed by atoms with van der Waals surface area (Å²) in [5, 5.41) is 0. The first-order valence-corrected chi connectivity index (χ1v) is 7.66. The number of carbonyl (C=O) groups excluding carboxylic acids is 1. The standard InChI is InChI=1S/C16H18F3N3O/c1-11-5-4-8-21(9-11)14(23)10-22-13-7-3-2-6-12(13)20-15(22)16(17,18)19/h2-3,6-7,11H,4-5,8-10H2,1H3/t11-/m1/s1. The van der Waals surface area contributed by atoms with Crippen molar-refractivity contribution in [1.29, 1.82) is 0 Å². The van der Waals surface area contributed by atoms with Crippen molar-refractivity contribution >= 4 is 16.9 Å². The average molecular weight is 325 g/mol. The van der Waals surface area contributed by atoms with Gasteiger partial charge >= 0.3 is 6.18 Å². The number of nitrogens with zero attached hydrogens (tertiary/aromatic N) is 3. The monoisotopic (exact) mass is 325 g/mol. The van der Waals surface area contributed by atoms with E-state index < -0.39 is 12.0 Å². The van der Waals surface area contributed by atoms with E-state index in [0.717, 1.165) is 17.4 Å². The Kier molecular flexibility index (Phi) is 4.04. The second-order valence-corrected chi connectivity index (χ2v) is 6.10. The maximum atomic E-state index is 13.2. The number of fused-ring (bicyclic) bond motifs is 1. The minimum Gasteiger partial charge on any atom is -0.341 e. The number of rotatable bonds is 2. The van der Waals surface area contributed by atoms with E-state index in [-0.39, 0.29) is 18.0 Å². The van der Waals surface area contributed by atoms with Gasteiger partial charge in [-0.2, -0.15) is 13.2 Å². The highest BCUT2D eigenvalue weighted by molar-refractivity contribution is 5.81. The van der Waals surface area contributed by atoms with Crippen LogP contribution in [-0.2, 0) is 17.5 Å². The Balaban J connectivity index is 1.93. The minimum atomic E-state index is -4.59. The first kappa shape index (κ1) is 15.8. The van der Waals surface area contributed by atoms with Gasteiger partial charge in [-0.05, 0) is 30.9 Å². The SMILES string of the molecule is C[C@@H]1CCCN(C(=O)Cn2c(C(F)(F)F)nc3ccccc32)C1. The number of hydrogen-bond donors (Lipinski definition) is 0. The number of aromatic nitrogens is 2. The molecule has 0 spiro atoms. The zero-order valence-corrected chi connectivity index (χ0v) is 12.8. The van der Waals surface area contributed by atoms with Crippen LogP contribution in [0, 0.1) is 5.92 Å². The van der Waals surface area contributed by atoms with Crippen LogP contribution < -0.4 is 0 Å². The summed E-state index contributed by atoms with van der Waals surface area (Å²) in [4.78, 5) is 17.8. The van der Waals surface area contributed by atoms with E-state index in [1.807, 2.05) is 6.92 Å². The number of halogens is 3. The second-order valence-electron chi connectivity index (χ2n) is 6.10. The molecule has 7 heteroatoms. The van der Waals surface area contributed by atoms with Crippen molar-refractivity contribution in [1.82, 2.24) is 14.5 Å². The summed E-state index contributed by atoms with van der Waals surface area (Å²) in [5.41, 5.74) is 0.581. The Morgan fingerprint density at radius 2 is 2.09 bits per heavy atom.